The zero-order valence-electron chi connectivity index (χ0n) is 8.17. The summed E-state index contributed by atoms with van der Waals surface area (Å²) in [4.78, 5) is 13.9. The van der Waals surface area contributed by atoms with Crippen LogP contribution in [0.2, 0.25) is 0 Å². The van der Waals surface area contributed by atoms with Gasteiger partial charge in [-0.2, -0.15) is 0 Å². The van der Waals surface area contributed by atoms with E-state index >= 15 is 0 Å². The summed E-state index contributed by atoms with van der Waals surface area (Å²) in [5.74, 6) is 0.720. The number of nitrogens with zero attached hydrogens (tertiary/aromatic N) is 1. The first-order valence-corrected chi connectivity index (χ1v) is 5.42. The Morgan fingerprint density at radius 3 is 2.38 bits per heavy atom. The van der Waals surface area contributed by atoms with Crippen LogP contribution in [0.15, 0.2) is 0 Å². The second-order valence-corrected chi connectivity index (χ2v) is 4.31. The van der Waals surface area contributed by atoms with Crippen molar-refractivity contribution in [2.75, 3.05) is 6.54 Å². The Labute approximate surface area is 80.3 Å². The lowest BCUT2D eigenvalue weighted by Gasteiger charge is -2.24. The van der Waals surface area contributed by atoms with Crippen LogP contribution < -0.4 is 0 Å². The quantitative estimate of drug-likeness (QED) is 0.604. The molecule has 1 aliphatic carbocycles. The summed E-state index contributed by atoms with van der Waals surface area (Å²) in [6.45, 7) is 4.96. The number of amides is 1. The van der Waals surface area contributed by atoms with Gasteiger partial charge in [-0.25, -0.2) is 0 Å². The second kappa shape index (κ2) is 3.69. The van der Waals surface area contributed by atoms with Crippen LogP contribution in [0, 0.1) is 12.8 Å². The fraction of sp³-hybridized carbons (Fsp3) is 0.818. The Bertz CT molecular complexity index is 196. The van der Waals surface area contributed by atoms with Gasteiger partial charge in [0.2, 0.25) is 5.91 Å². The lowest BCUT2D eigenvalue weighted by molar-refractivity contribution is -0.135. The van der Waals surface area contributed by atoms with E-state index in [0.717, 1.165) is 32.2 Å². The molecule has 1 saturated carbocycles. The van der Waals surface area contributed by atoms with E-state index in [1.807, 2.05) is 4.90 Å². The molecule has 2 rings (SSSR count). The van der Waals surface area contributed by atoms with Crippen LogP contribution in [0.3, 0.4) is 0 Å². The van der Waals surface area contributed by atoms with Crippen molar-refractivity contribution in [3.05, 3.63) is 6.92 Å². The van der Waals surface area contributed by atoms with Crippen LogP contribution in [0.5, 0.6) is 0 Å². The maximum atomic E-state index is 11.9. The molecule has 2 nitrogen and oxygen atoms in total. The molecule has 2 heteroatoms. The van der Waals surface area contributed by atoms with Crippen molar-refractivity contribution in [3.8, 4) is 0 Å². The number of carbonyl (C=O) groups is 1. The van der Waals surface area contributed by atoms with Crippen LogP contribution in [0.4, 0.5) is 0 Å². The van der Waals surface area contributed by atoms with Crippen molar-refractivity contribution < 1.29 is 4.79 Å². The molecule has 1 heterocycles. The fourth-order valence-corrected chi connectivity index (χ4v) is 2.53. The van der Waals surface area contributed by atoms with Crippen LogP contribution in [-0.2, 0) is 4.79 Å². The predicted molar refractivity (Wildman–Crippen MR) is 52.1 cm³/mol. The van der Waals surface area contributed by atoms with Gasteiger partial charge in [-0.05, 0) is 32.6 Å². The summed E-state index contributed by atoms with van der Waals surface area (Å²) >= 11 is 0. The van der Waals surface area contributed by atoms with Gasteiger partial charge >= 0.3 is 0 Å². The third-order valence-corrected chi connectivity index (χ3v) is 3.36. The molecule has 1 radical (unpaired) electrons. The van der Waals surface area contributed by atoms with E-state index in [9.17, 15) is 4.79 Å². The van der Waals surface area contributed by atoms with E-state index < -0.39 is 0 Å². The third kappa shape index (κ3) is 1.72. The molecule has 13 heavy (non-hydrogen) atoms. The van der Waals surface area contributed by atoms with Crippen LogP contribution in [0.25, 0.3) is 0 Å². The van der Waals surface area contributed by atoms with Crippen LogP contribution >= 0.6 is 0 Å². The molecule has 1 atom stereocenters. The maximum Gasteiger partial charge on any atom is 0.225 e. The molecule has 1 aliphatic heterocycles. The first-order valence-electron chi connectivity index (χ1n) is 5.42. The van der Waals surface area contributed by atoms with Crippen molar-refractivity contribution >= 4 is 5.91 Å². The lowest BCUT2D eigenvalue weighted by Crippen LogP contribution is -2.37. The average Bonchev–Trinajstić information content (AvgIpc) is 2.72. The number of rotatable bonds is 1. The highest BCUT2D eigenvalue weighted by Gasteiger charge is 2.31. The topological polar surface area (TPSA) is 20.3 Å². The van der Waals surface area contributed by atoms with Crippen molar-refractivity contribution in [2.24, 2.45) is 5.92 Å². The summed E-state index contributed by atoms with van der Waals surface area (Å²) in [7, 11) is 0. The number of hydrogen-bond donors (Lipinski definition) is 0. The smallest absolute Gasteiger partial charge is 0.225 e. The molecule has 0 N–H and O–H groups in total. The van der Waals surface area contributed by atoms with Crippen molar-refractivity contribution in [1.82, 2.24) is 4.90 Å². The minimum atomic E-state index is 0.258. The second-order valence-electron chi connectivity index (χ2n) is 4.31. The summed E-state index contributed by atoms with van der Waals surface area (Å²) in [6.07, 6.45) is 6.95. The Kier molecular flexibility index (Phi) is 2.56. The van der Waals surface area contributed by atoms with Gasteiger partial charge in [-0.3, -0.25) is 4.79 Å². The van der Waals surface area contributed by atoms with Gasteiger partial charge in [0.15, 0.2) is 0 Å². The van der Waals surface area contributed by atoms with Crippen molar-refractivity contribution in [3.63, 3.8) is 0 Å². The van der Waals surface area contributed by atoms with E-state index in [4.69, 9.17) is 0 Å². The minimum absolute atomic E-state index is 0.258. The van der Waals surface area contributed by atoms with Crippen LogP contribution in [0.1, 0.15) is 38.5 Å². The first-order chi connectivity index (χ1) is 6.29. The molecule has 2 fully saturated rings. The van der Waals surface area contributed by atoms with Crippen molar-refractivity contribution in [1.29, 1.82) is 0 Å². The predicted octanol–water partition coefficient (Wildman–Crippen LogP) is 2.00. The zero-order chi connectivity index (χ0) is 9.26. The molecule has 1 saturated heterocycles. The molecule has 0 bridgehead atoms. The number of hydrogen-bond acceptors (Lipinski definition) is 1. The van der Waals surface area contributed by atoms with E-state index in [1.54, 1.807) is 0 Å². The van der Waals surface area contributed by atoms with Gasteiger partial charge in [0.1, 0.15) is 0 Å². The molecule has 1 amide bonds. The molecule has 2 aliphatic rings. The van der Waals surface area contributed by atoms with E-state index in [2.05, 4.69) is 6.92 Å². The average molecular weight is 180 g/mol. The Hall–Kier alpha value is -0.530. The summed E-state index contributed by atoms with van der Waals surface area (Å²) in [6, 6.07) is 0.258. The van der Waals surface area contributed by atoms with Gasteiger partial charge in [-0.1, -0.05) is 12.8 Å². The lowest BCUT2D eigenvalue weighted by atomic mass is 10.1. The molecular formula is C11H18NO. The molecule has 0 aromatic rings. The maximum absolute atomic E-state index is 11.9. The standard InChI is InChI=1S/C11H18NO/c1-9-5-4-8-12(9)11(13)10-6-2-3-7-10/h9-10H,1-8H2/t9-/m0/s1. The van der Waals surface area contributed by atoms with E-state index in [-0.39, 0.29) is 6.04 Å². The third-order valence-electron chi connectivity index (χ3n) is 3.36. The Morgan fingerprint density at radius 1 is 1.15 bits per heavy atom. The van der Waals surface area contributed by atoms with E-state index in [1.165, 1.54) is 12.8 Å². The first kappa shape index (κ1) is 9.04. The summed E-state index contributed by atoms with van der Waals surface area (Å²) in [5, 5.41) is 0. The Morgan fingerprint density at radius 2 is 1.85 bits per heavy atom. The molecule has 73 valence electrons. The minimum Gasteiger partial charge on any atom is -0.339 e. The molecule has 0 aromatic heterocycles. The van der Waals surface area contributed by atoms with Gasteiger partial charge in [0.25, 0.3) is 0 Å². The number of likely N-dealkylation sites (tertiary alicyclic amines) is 1. The molecule has 0 unspecified atom stereocenters. The monoisotopic (exact) mass is 180 g/mol. The normalized spacial score (nSPS) is 29.9. The fourth-order valence-electron chi connectivity index (χ4n) is 2.53. The summed E-state index contributed by atoms with van der Waals surface area (Å²) in [5.41, 5.74) is 0. The highest BCUT2D eigenvalue weighted by Crippen LogP contribution is 2.29. The van der Waals surface area contributed by atoms with Gasteiger partial charge in [-0.15, -0.1) is 0 Å². The highest BCUT2D eigenvalue weighted by molar-refractivity contribution is 5.79. The van der Waals surface area contributed by atoms with Crippen molar-refractivity contribution in [2.45, 2.75) is 44.6 Å². The highest BCUT2D eigenvalue weighted by atomic mass is 16.2. The largest absolute Gasteiger partial charge is 0.339 e. The molecule has 0 aromatic carbocycles. The van der Waals surface area contributed by atoms with Gasteiger partial charge in [0, 0.05) is 18.5 Å². The van der Waals surface area contributed by atoms with Gasteiger partial charge in [0.05, 0.1) is 0 Å². The van der Waals surface area contributed by atoms with E-state index in [0.29, 0.717) is 11.8 Å². The zero-order valence-corrected chi connectivity index (χ0v) is 8.17. The number of carbonyl (C=O) groups excluding carboxylic acids is 1. The Balaban J connectivity index is 1.95. The summed E-state index contributed by atoms with van der Waals surface area (Å²) < 4.78 is 0. The molecule has 0 spiro atoms. The molecular weight excluding hydrogens is 162 g/mol. The SMILES string of the molecule is [CH2][C@H]1CCCN1C(=O)C1CCCC1. The van der Waals surface area contributed by atoms with Gasteiger partial charge < -0.3 is 4.90 Å². The van der Waals surface area contributed by atoms with Crippen LogP contribution in [-0.4, -0.2) is 23.4 Å².